The lowest BCUT2D eigenvalue weighted by Crippen LogP contribution is -2.43. The first-order valence-electron chi connectivity index (χ1n) is 8.80. The molecule has 25 heavy (non-hydrogen) atoms. The van der Waals surface area contributed by atoms with Gasteiger partial charge in [-0.25, -0.2) is 4.98 Å². The topological polar surface area (TPSA) is 65.7 Å². The number of aryl methyl sites for hydroxylation is 1. The van der Waals surface area contributed by atoms with Gasteiger partial charge in [-0.2, -0.15) is 0 Å². The van der Waals surface area contributed by atoms with E-state index in [1.54, 1.807) is 24.6 Å². The van der Waals surface area contributed by atoms with E-state index in [2.05, 4.69) is 44.7 Å². The average molecular weight is 364 g/mol. The van der Waals surface area contributed by atoms with Crippen LogP contribution in [0.3, 0.4) is 0 Å². The lowest BCUT2D eigenvalue weighted by molar-refractivity contribution is 0.193. The van der Waals surface area contributed by atoms with Crippen LogP contribution in [0.15, 0.2) is 33.2 Å². The summed E-state index contributed by atoms with van der Waals surface area (Å²) in [5, 5.41) is 10.00. The highest BCUT2D eigenvalue weighted by atomic mass is 32.1. The van der Waals surface area contributed by atoms with Crippen molar-refractivity contribution < 1.29 is 4.42 Å². The fourth-order valence-electron chi connectivity index (χ4n) is 2.80. The zero-order valence-electron chi connectivity index (χ0n) is 15.6. The first-order valence-corrected chi connectivity index (χ1v) is 9.68. The van der Waals surface area contributed by atoms with Crippen molar-refractivity contribution in [1.29, 1.82) is 0 Å². The van der Waals surface area contributed by atoms with E-state index in [-0.39, 0.29) is 6.04 Å². The molecule has 6 nitrogen and oxygen atoms in total. The van der Waals surface area contributed by atoms with Crippen LogP contribution in [0.1, 0.15) is 36.4 Å². The molecule has 0 aliphatic carbocycles. The second-order valence-corrected chi connectivity index (χ2v) is 6.80. The third-order valence-electron chi connectivity index (χ3n) is 4.15. The molecular weight excluding hydrogens is 334 g/mol. The Labute approximate surface area is 154 Å². The van der Waals surface area contributed by atoms with Crippen LogP contribution in [0.25, 0.3) is 0 Å². The summed E-state index contributed by atoms with van der Waals surface area (Å²) in [6.45, 7) is 9.86. The molecule has 1 unspecified atom stereocenters. The maximum absolute atomic E-state index is 5.64. The molecular formula is C18H29N5OS. The molecule has 0 aliphatic rings. The Bertz CT molecular complexity index is 634. The van der Waals surface area contributed by atoms with Gasteiger partial charge in [-0.15, -0.1) is 11.3 Å². The number of hydrogen-bond donors (Lipinski definition) is 2. The zero-order chi connectivity index (χ0) is 18.1. The first-order chi connectivity index (χ1) is 12.2. The Morgan fingerprint density at radius 2 is 2.16 bits per heavy atom. The van der Waals surface area contributed by atoms with Gasteiger partial charge in [0.15, 0.2) is 5.96 Å². The summed E-state index contributed by atoms with van der Waals surface area (Å²) in [7, 11) is 1.79. The monoisotopic (exact) mass is 363 g/mol. The minimum Gasteiger partial charge on any atom is -0.468 e. The number of aliphatic imine (C=N–C) groups is 1. The van der Waals surface area contributed by atoms with Crippen molar-refractivity contribution in [2.24, 2.45) is 4.99 Å². The highest BCUT2D eigenvalue weighted by Crippen LogP contribution is 2.20. The van der Waals surface area contributed by atoms with Crippen LogP contribution in [0.4, 0.5) is 0 Å². The number of furan rings is 1. The quantitative estimate of drug-likeness (QED) is 0.530. The van der Waals surface area contributed by atoms with E-state index in [0.717, 1.165) is 55.0 Å². The van der Waals surface area contributed by atoms with Crippen LogP contribution in [-0.4, -0.2) is 49.1 Å². The van der Waals surface area contributed by atoms with Gasteiger partial charge in [0.05, 0.1) is 23.0 Å². The van der Waals surface area contributed by atoms with Gasteiger partial charge in [0.25, 0.3) is 0 Å². The van der Waals surface area contributed by atoms with Crippen molar-refractivity contribution in [2.45, 2.75) is 33.2 Å². The number of guanidine groups is 1. The van der Waals surface area contributed by atoms with Gasteiger partial charge in [0, 0.05) is 31.9 Å². The number of nitrogens with zero attached hydrogens (tertiary/aromatic N) is 3. The number of likely N-dealkylation sites (N-methyl/N-ethyl adjacent to an activating group) is 1. The fraction of sp³-hybridized carbons (Fsp3) is 0.556. The van der Waals surface area contributed by atoms with Gasteiger partial charge in [-0.3, -0.25) is 9.89 Å². The van der Waals surface area contributed by atoms with Crippen LogP contribution >= 0.6 is 11.3 Å². The molecule has 2 heterocycles. The zero-order valence-corrected chi connectivity index (χ0v) is 16.4. The molecule has 0 spiro atoms. The molecule has 2 aromatic heterocycles. The summed E-state index contributed by atoms with van der Waals surface area (Å²) < 4.78 is 5.64. The lowest BCUT2D eigenvalue weighted by atomic mass is 10.2. The standard InChI is InChI=1S/C18H29N5OS/c1-5-23(6-2)16(17-8-7-11-24-17)12-21-18(19-4)20-10-9-15-13-25-14(3)22-15/h7-8,11,13,16H,5-6,9-10,12H2,1-4H3,(H2,19,20,21). The van der Waals surface area contributed by atoms with E-state index in [1.165, 1.54) is 0 Å². The van der Waals surface area contributed by atoms with Crippen molar-refractivity contribution in [1.82, 2.24) is 20.5 Å². The van der Waals surface area contributed by atoms with Crippen LogP contribution < -0.4 is 10.6 Å². The number of hydrogen-bond acceptors (Lipinski definition) is 5. The second-order valence-electron chi connectivity index (χ2n) is 5.74. The molecule has 0 saturated carbocycles. The van der Waals surface area contributed by atoms with Gasteiger partial charge >= 0.3 is 0 Å². The Morgan fingerprint density at radius 1 is 1.36 bits per heavy atom. The third kappa shape index (κ3) is 5.86. The average Bonchev–Trinajstić information content (AvgIpc) is 3.28. The maximum atomic E-state index is 5.64. The summed E-state index contributed by atoms with van der Waals surface area (Å²) in [5.74, 6) is 1.78. The van der Waals surface area contributed by atoms with Crippen LogP contribution in [-0.2, 0) is 6.42 Å². The highest BCUT2D eigenvalue weighted by Gasteiger charge is 2.20. The Hall–Kier alpha value is -1.86. The molecule has 0 fully saturated rings. The van der Waals surface area contributed by atoms with E-state index < -0.39 is 0 Å². The van der Waals surface area contributed by atoms with Gasteiger partial charge in [0.1, 0.15) is 5.76 Å². The molecule has 138 valence electrons. The van der Waals surface area contributed by atoms with Crippen molar-refractivity contribution in [2.75, 3.05) is 33.2 Å². The minimum atomic E-state index is 0.185. The van der Waals surface area contributed by atoms with E-state index in [1.807, 2.05) is 19.1 Å². The van der Waals surface area contributed by atoms with E-state index >= 15 is 0 Å². The molecule has 0 radical (unpaired) electrons. The number of nitrogens with one attached hydrogen (secondary N) is 2. The Balaban J connectivity index is 1.86. The van der Waals surface area contributed by atoms with Crippen LogP contribution in [0, 0.1) is 6.92 Å². The van der Waals surface area contributed by atoms with E-state index in [9.17, 15) is 0 Å². The van der Waals surface area contributed by atoms with E-state index in [0.29, 0.717) is 0 Å². The summed E-state index contributed by atoms with van der Waals surface area (Å²) >= 11 is 1.69. The largest absolute Gasteiger partial charge is 0.468 e. The van der Waals surface area contributed by atoms with Crippen LogP contribution in [0.5, 0.6) is 0 Å². The molecule has 7 heteroatoms. The van der Waals surface area contributed by atoms with Crippen molar-refractivity contribution in [3.05, 3.63) is 40.2 Å². The fourth-order valence-corrected chi connectivity index (χ4v) is 3.45. The first kappa shape index (κ1) is 19.5. The predicted molar refractivity (Wildman–Crippen MR) is 104 cm³/mol. The summed E-state index contributed by atoms with van der Waals surface area (Å²) in [6.07, 6.45) is 2.62. The van der Waals surface area contributed by atoms with Gasteiger partial charge in [-0.05, 0) is 32.1 Å². The van der Waals surface area contributed by atoms with Gasteiger partial charge < -0.3 is 15.1 Å². The maximum Gasteiger partial charge on any atom is 0.191 e. The smallest absolute Gasteiger partial charge is 0.191 e. The molecule has 1 atom stereocenters. The predicted octanol–water partition coefficient (Wildman–Crippen LogP) is 2.84. The Morgan fingerprint density at radius 3 is 2.72 bits per heavy atom. The van der Waals surface area contributed by atoms with E-state index in [4.69, 9.17) is 4.42 Å². The number of rotatable bonds is 9. The van der Waals surface area contributed by atoms with Crippen LogP contribution in [0.2, 0.25) is 0 Å². The number of thiazole rings is 1. The summed E-state index contributed by atoms with van der Waals surface area (Å²) in [5.41, 5.74) is 1.13. The number of aromatic nitrogens is 1. The molecule has 0 aliphatic heterocycles. The minimum absolute atomic E-state index is 0.185. The highest BCUT2D eigenvalue weighted by molar-refractivity contribution is 7.09. The molecule has 0 bridgehead atoms. The van der Waals surface area contributed by atoms with Crippen molar-refractivity contribution >= 4 is 17.3 Å². The molecule has 0 saturated heterocycles. The molecule has 2 rings (SSSR count). The van der Waals surface area contributed by atoms with Gasteiger partial charge in [-0.1, -0.05) is 13.8 Å². The SMILES string of the molecule is CCN(CC)C(CNC(=NC)NCCc1csc(C)n1)c1ccco1. The molecule has 2 N–H and O–H groups in total. The Kier molecular flexibility index (Phi) is 7.94. The van der Waals surface area contributed by atoms with Crippen molar-refractivity contribution in [3.63, 3.8) is 0 Å². The second kappa shape index (κ2) is 10.2. The molecule has 2 aromatic rings. The molecule has 0 amide bonds. The third-order valence-corrected chi connectivity index (χ3v) is 4.97. The summed E-state index contributed by atoms with van der Waals surface area (Å²) in [6, 6.07) is 4.16. The molecule has 0 aromatic carbocycles. The summed E-state index contributed by atoms with van der Waals surface area (Å²) in [4.78, 5) is 11.2. The van der Waals surface area contributed by atoms with Gasteiger partial charge in [0.2, 0.25) is 0 Å². The lowest BCUT2D eigenvalue weighted by Gasteiger charge is -2.28. The van der Waals surface area contributed by atoms with Crippen molar-refractivity contribution in [3.8, 4) is 0 Å². The normalized spacial score (nSPS) is 13.2.